The largest absolute Gasteiger partial charge is 0.454 e. The molecule has 1 aromatic heterocycles. The fourth-order valence-electron chi connectivity index (χ4n) is 4.38. The minimum absolute atomic E-state index is 0.0116. The molecular formula is C23H27N3O10S2. The maximum Gasteiger partial charge on any atom is 0.338 e. The maximum absolute atomic E-state index is 12.9. The second kappa shape index (κ2) is 9.82. The minimum Gasteiger partial charge on any atom is -0.454 e. The topological polar surface area (TPSA) is 161 Å². The first kappa shape index (κ1) is 26.9. The number of sulfonamides is 1. The highest BCUT2D eigenvalue weighted by molar-refractivity contribution is 7.93. The molecule has 2 aromatic rings. The molecule has 1 unspecified atom stereocenters. The van der Waals surface area contributed by atoms with Gasteiger partial charge in [-0.3, -0.25) is 9.52 Å². The maximum atomic E-state index is 12.9. The molecule has 38 heavy (non-hydrogen) atoms. The molecule has 3 aliphatic rings. The monoisotopic (exact) mass is 569 g/mol. The number of esters is 1. The molecule has 5 rings (SSSR count). The van der Waals surface area contributed by atoms with Crippen LogP contribution in [0, 0.1) is 0 Å². The Hall–Kier alpha value is -2.66. The third-order valence-electron chi connectivity index (χ3n) is 5.83. The molecule has 0 saturated carbocycles. The molecule has 13 nitrogen and oxygen atoms in total. The van der Waals surface area contributed by atoms with Gasteiger partial charge in [0.2, 0.25) is 0 Å². The Morgan fingerprint density at radius 3 is 2.34 bits per heavy atom. The Morgan fingerprint density at radius 1 is 1.00 bits per heavy atom. The van der Waals surface area contributed by atoms with E-state index in [0.29, 0.717) is 5.69 Å². The van der Waals surface area contributed by atoms with Crippen LogP contribution in [0.25, 0.3) is 0 Å². The summed E-state index contributed by atoms with van der Waals surface area (Å²) >= 11 is 1.15. The van der Waals surface area contributed by atoms with E-state index in [0.717, 1.165) is 11.3 Å². The van der Waals surface area contributed by atoms with Crippen molar-refractivity contribution in [2.75, 3.05) is 16.6 Å². The number of rotatable bonds is 7. The van der Waals surface area contributed by atoms with Crippen LogP contribution in [0.15, 0.2) is 40.7 Å². The minimum atomic E-state index is -3.83. The predicted octanol–water partition coefficient (Wildman–Crippen LogP) is 1.82. The number of benzene rings is 1. The number of aromatic nitrogens is 1. The summed E-state index contributed by atoms with van der Waals surface area (Å²) in [6, 6.07) is 5.48. The van der Waals surface area contributed by atoms with Gasteiger partial charge in [0.1, 0.15) is 18.3 Å². The first-order valence-electron chi connectivity index (χ1n) is 11.7. The average Bonchev–Trinajstić information content (AvgIpc) is 3.52. The van der Waals surface area contributed by atoms with Gasteiger partial charge in [-0.15, -0.1) is 11.3 Å². The SMILES string of the molecule is CC1(C)O[C@H]2OC(C(=O)OCC(=O)Nc3ccc(S(=O)(=O)Nc4nccs4)cc3)[C@@H]3OC(C)(C)O[C@@H]3[C@H]2O1. The highest BCUT2D eigenvalue weighted by Gasteiger charge is 2.62. The van der Waals surface area contributed by atoms with Gasteiger partial charge in [0.05, 0.1) is 4.90 Å². The average molecular weight is 570 g/mol. The number of hydrogen-bond acceptors (Lipinski definition) is 12. The molecule has 15 heteroatoms. The smallest absolute Gasteiger partial charge is 0.338 e. The van der Waals surface area contributed by atoms with Gasteiger partial charge in [0, 0.05) is 17.3 Å². The molecule has 5 atom stereocenters. The first-order valence-corrected chi connectivity index (χ1v) is 14.0. The van der Waals surface area contributed by atoms with E-state index in [9.17, 15) is 18.0 Å². The summed E-state index contributed by atoms with van der Waals surface area (Å²) in [4.78, 5) is 29.2. The van der Waals surface area contributed by atoms with Gasteiger partial charge in [0.15, 0.2) is 35.7 Å². The summed E-state index contributed by atoms with van der Waals surface area (Å²) in [6.45, 7) is 6.26. The van der Waals surface area contributed by atoms with Crippen LogP contribution in [0.4, 0.5) is 10.8 Å². The fourth-order valence-corrected chi connectivity index (χ4v) is 6.17. The van der Waals surface area contributed by atoms with Gasteiger partial charge in [0.25, 0.3) is 15.9 Å². The highest BCUT2D eigenvalue weighted by Crippen LogP contribution is 2.44. The van der Waals surface area contributed by atoms with Crippen molar-refractivity contribution in [2.45, 2.75) is 74.9 Å². The molecule has 0 bridgehead atoms. The Bertz CT molecular complexity index is 1300. The number of thiazole rings is 1. The summed E-state index contributed by atoms with van der Waals surface area (Å²) in [5, 5.41) is 4.43. The molecule has 3 aliphatic heterocycles. The van der Waals surface area contributed by atoms with E-state index in [1.165, 1.54) is 30.5 Å². The number of amides is 1. The molecule has 3 saturated heterocycles. The number of carbonyl (C=O) groups excluding carboxylic acids is 2. The van der Waals surface area contributed by atoms with Gasteiger partial charge in [-0.1, -0.05) is 0 Å². The molecule has 0 radical (unpaired) electrons. The quantitative estimate of drug-likeness (QED) is 0.468. The van der Waals surface area contributed by atoms with Crippen LogP contribution in [0.5, 0.6) is 0 Å². The van der Waals surface area contributed by atoms with Gasteiger partial charge in [-0.2, -0.15) is 0 Å². The van der Waals surface area contributed by atoms with Crippen molar-refractivity contribution in [1.82, 2.24) is 4.98 Å². The number of anilines is 2. The van der Waals surface area contributed by atoms with Crippen LogP contribution in [0.3, 0.4) is 0 Å². The zero-order chi connectivity index (χ0) is 27.3. The number of fused-ring (bicyclic) bond motifs is 3. The lowest BCUT2D eigenvalue weighted by atomic mass is 9.99. The lowest BCUT2D eigenvalue weighted by Gasteiger charge is -2.35. The molecule has 1 amide bonds. The standard InChI is InChI=1S/C23H27N3O10S2/c1-22(2)33-15-16(34-22)18-20(36-23(3,4)35-18)32-17(15)19(28)31-11-14(27)25-12-5-7-13(8-6-12)38(29,30)26-21-24-9-10-37-21/h5-10,15-18,20H,11H2,1-4H3,(H,24,26)(H,25,27)/t15-,16+,17?,18-,20-/m1/s1. The Labute approximate surface area is 222 Å². The summed E-state index contributed by atoms with van der Waals surface area (Å²) in [6.07, 6.45) is -2.68. The summed E-state index contributed by atoms with van der Waals surface area (Å²) in [7, 11) is -3.83. The number of nitrogens with one attached hydrogen (secondary N) is 2. The van der Waals surface area contributed by atoms with Crippen molar-refractivity contribution in [3.63, 3.8) is 0 Å². The van der Waals surface area contributed by atoms with Crippen molar-refractivity contribution >= 4 is 44.1 Å². The van der Waals surface area contributed by atoms with Crippen LogP contribution < -0.4 is 10.0 Å². The molecule has 2 N–H and O–H groups in total. The van der Waals surface area contributed by atoms with E-state index < -0.39 is 70.8 Å². The van der Waals surface area contributed by atoms with E-state index in [2.05, 4.69) is 15.0 Å². The number of ether oxygens (including phenoxy) is 6. The number of hydrogen-bond donors (Lipinski definition) is 2. The summed E-state index contributed by atoms with van der Waals surface area (Å²) in [5.74, 6) is -3.39. The van der Waals surface area contributed by atoms with Crippen LogP contribution in [-0.4, -0.2) is 74.2 Å². The number of nitrogens with zero attached hydrogens (tertiary/aromatic N) is 1. The summed E-state index contributed by atoms with van der Waals surface area (Å²) < 4.78 is 61.8. The van der Waals surface area contributed by atoms with E-state index >= 15 is 0 Å². The fraction of sp³-hybridized carbons (Fsp3) is 0.522. The van der Waals surface area contributed by atoms with Gasteiger partial charge < -0.3 is 33.7 Å². The molecule has 1 aromatic carbocycles. The van der Waals surface area contributed by atoms with Crippen LogP contribution in [0.1, 0.15) is 27.7 Å². The molecule has 4 heterocycles. The Kier molecular flexibility index (Phi) is 6.96. The third-order valence-corrected chi connectivity index (χ3v) is 8.01. The van der Waals surface area contributed by atoms with Crippen molar-refractivity contribution in [3.8, 4) is 0 Å². The molecule has 206 valence electrons. The lowest BCUT2D eigenvalue weighted by molar-refractivity contribution is -0.239. The predicted molar refractivity (Wildman–Crippen MR) is 131 cm³/mol. The molecule has 0 aliphatic carbocycles. The highest BCUT2D eigenvalue weighted by atomic mass is 32.2. The third kappa shape index (κ3) is 5.68. The first-order chi connectivity index (χ1) is 17.8. The lowest BCUT2D eigenvalue weighted by Crippen LogP contribution is -2.57. The van der Waals surface area contributed by atoms with Gasteiger partial charge >= 0.3 is 5.97 Å². The molecule has 3 fully saturated rings. The Morgan fingerprint density at radius 2 is 1.66 bits per heavy atom. The second-order valence-electron chi connectivity index (χ2n) is 9.71. The van der Waals surface area contributed by atoms with E-state index in [1.54, 1.807) is 33.1 Å². The zero-order valence-electron chi connectivity index (χ0n) is 20.9. The van der Waals surface area contributed by atoms with Crippen LogP contribution in [-0.2, 0) is 48.0 Å². The van der Waals surface area contributed by atoms with E-state index in [4.69, 9.17) is 28.4 Å². The van der Waals surface area contributed by atoms with Crippen molar-refractivity contribution in [2.24, 2.45) is 0 Å². The van der Waals surface area contributed by atoms with Crippen molar-refractivity contribution in [3.05, 3.63) is 35.8 Å². The van der Waals surface area contributed by atoms with Crippen molar-refractivity contribution < 1.29 is 46.4 Å². The van der Waals surface area contributed by atoms with E-state index in [1.807, 2.05) is 0 Å². The second-order valence-corrected chi connectivity index (χ2v) is 12.3. The number of carbonyl (C=O) groups is 2. The zero-order valence-corrected chi connectivity index (χ0v) is 22.5. The molecule has 0 spiro atoms. The van der Waals surface area contributed by atoms with Gasteiger partial charge in [-0.05, 0) is 52.0 Å². The normalized spacial score (nSPS) is 29.2. The van der Waals surface area contributed by atoms with Crippen LogP contribution >= 0.6 is 11.3 Å². The summed E-state index contributed by atoms with van der Waals surface area (Å²) in [5.41, 5.74) is 0.309. The van der Waals surface area contributed by atoms with Crippen molar-refractivity contribution in [1.29, 1.82) is 0 Å². The Balaban J connectivity index is 1.17. The van der Waals surface area contributed by atoms with Crippen LogP contribution in [0.2, 0.25) is 0 Å². The molecular weight excluding hydrogens is 542 g/mol. The van der Waals surface area contributed by atoms with E-state index in [-0.39, 0.29) is 10.0 Å². The van der Waals surface area contributed by atoms with Gasteiger partial charge in [-0.25, -0.2) is 18.2 Å².